The molecule has 1 rings (SSSR count). The molecule has 0 amide bonds. The number of alkyl halides is 3. The van der Waals surface area contributed by atoms with Gasteiger partial charge in [0.05, 0.1) is 12.7 Å². The number of nitrogens with one attached hydrogen (secondary N) is 1. The van der Waals surface area contributed by atoms with Crippen molar-refractivity contribution < 1.29 is 27.8 Å². The molecule has 2 N–H and O–H groups in total. The molecule has 1 aromatic carbocycles. The largest absolute Gasteiger partial charge is 0.490 e. The Morgan fingerprint density at radius 1 is 1.17 bits per heavy atom. The summed E-state index contributed by atoms with van der Waals surface area (Å²) in [7, 11) is 0. The van der Waals surface area contributed by atoms with E-state index in [1.165, 1.54) is 6.07 Å². The van der Waals surface area contributed by atoms with Gasteiger partial charge in [-0.2, -0.15) is 13.2 Å². The molecule has 0 saturated heterocycles. The van der Waals surface area contributed by atoms with Crippen LogP contribution in [0.4, 0.5) is 13.2 Å². The predicted molar refractivity (Wildman–Crippen MR) is 81.7 cm³/mol. The lowest BCUT2D eigenvalue weighted by molar-refractivity contribution is -0.153. The first-order valence-corrected chi connectivity index (χ1v) is 7.57. The minimum Gasteiger partial charge on any atom is -0.490 e. The molecular formula is C16H24F3NO3. The number of benzene rings is 1. The smallest absolute Gasteiger partial charge is 0.422 e. The normalized spacial score (nSPS) is 13.2. The second-order valence-electron chi connectivity index (χ2n) is 5.56. The van der Waals surface area contributed by atoms with Gasteiger partial charge in [0.1, 0.15) is 0 Å². The van der Waals surface area contributed by atoms with Gasteiger partial charge in [-0.3, -0.25) is 0 Å². The highest BCUT2D eigenvalue weighted by Gasteiger charge is 2.29. The maximum Gasteiger partial charge on any atom is 0.422 e. The monoisotopic (exact) mass is 335 g/mol. The van der Waals surface area contributed by atoms with Crippen molar-refractivity contribution in [3.05, 3.63) is 23.8 Å². The van der Waals surface area contributed by atoms with Crippen molar-refractivity contribution in [3.8, 4) is 11.5 Å². The van der Waals surface area contributed by atoms with E-state index in [0.29, 0.717) is 19.7 Å². The van der Waals surface area contributed by atoms with E-state index >= 15 is 0 Å². The Balaban J connectivity index is 2.67. The maximum absolute atomic E-state index is 12.2. The van der Waals surface area contributed by atoms with Gasteiger partial charge in [0.15, 0.2) is 18.1 Å². The van der Waals surface area contributed by atoms with Gasteiger partial charge >= 0.3 is 6.18 Å². The number of aliphatic hydroxyl groups is 1. The number of halogens is 3. The van der Waals surface area contributed by atoms with Gasteiger partial charge in [-0.25, -0.2) is 0 Å². The summed E-state index contributed by atoms with van der Waals surface area (Å²) in [6.45, 7) is 5.48. The molecular weight excluding hydrogens is 311 g/mol. The quantitative estimate of drug-likeness (QED) is 0.728. The molecule has 0 aromatic heterocycles. The van der Waals surface area contributed by atoms with E-state index in [2.05, 4.69) is 5.32 Å². The third-order valence-corrected chi connectivity index (χ3v) is 3.15. The van der Waals surface area contributed by atoms with Crippen molar-refractivity contribution in [1.29, 1.82) is 0 Å². The lowest BCUT2D eigenvalue weighted by Crippen LogP contribution is -2.30. The zero-order valence-corrected chi connectivity index (χ0v) is 13.6. The lowest BCUT2D eigenvalue weighted by atomic mass is 10.1. The molecule has 0 saturated carbocycles. The molecule has 0 aliphatic rings. The summed E-state index contributed by atoms with van der Waals surface area (Å²) in [5.74, 6) is 0.496. The Kier molecular flexibility index (Phi) is 7.64. The van der Waals surface area contributed by atoms with Crippen LogP contribution in [0.1, 0.15) is 26.3 Å². The van der Waals surface area contributed by atoms with Gasteiger partial charge in [-0.15, -0.1) is 0 Å². The van der Waals surface area contributed by atoms with Crippen molar-refractivity contribution in [2.45, 2.75) is 39.6 Å². The molecule has 0 aliphatic heterocycles. The zero-order chi connectivity index (χ0) is 17.5. The van der Waals surface area contributed by atoms with Crippen LogP contribution in [0.25, 0.3) is 0 Å². The summed E-state index contributed by atoms with van der Waals surface area (Å²) in [5, 5.41) is 12.8. The average Bonchev–Trinajstić information content (AvgIpc) is 2.45. The number of rotatable bonds is 9. The van der Waals surface area contributed by atoms with Gasteiger partial charge in [0.25, 0.3) is 0 Å². The van der Waals surface area contributed by atoms with E-state index < -0.39 is 18.9 Å². The first-order chi connectivity index (χ1) is 10.7. The van der Waals surface area contributed by atoms with Crippen LogP contribution in [0.2, 0.25) is 0 Å². The molecule has 1 atom stereocenters. The van der Waals surface area contributed by atoms with Crippen LogP contribution in [0, 0.1) is 5.92 Å². The van der Waals surface area contributed by atoms with Crippen LogP contribution in [0.5, 0.6) is 11.5 Å². The van der Waals surface area contributed by atoms with E-state index in [0.717, 1.165) is 5.56 Å². The van der Waals surface area contributed by atoms with Crippen molar-refractivity contribution in [2.24, 2.45) is 5.92 Å². The Morgan fingerprint density at radius 2 is 1.87 bits per heavy atom. The van der Waals surface area contributed by atoms with Gasteiger partial charge in [-0.1, -0.05) is 19.9 Å². The average molecular weight is 335 g/mol. The van der Waals surface area contributed by atoms with E-state index in [1.807, 2.05) is 13.8 Å². The highest BCUT2D eigenvalue weighted by molar-refractivity contribution is 5.43. The van der Waals surface area contributed by atoms with E-state index in [4.69, 9.17) is 9.47 Å². The standard InChI is InChI=1S/C16H24F3NO3/c1-4-22-15-7-12(8-20-9-13(21)11(2)3)5-6-14(15)23-10-16(17,18)19/h5-7,11,13,20-21H,4,8-10H2,1-3H3. The topological polar surface area (TPSA) is 50.7 Å². The summed E-state index contributed by atoms with van der Waals surface area (Å²) in [5.41, 5.74) is 0.837. The Bertz CT molecular complexity index is 478. The van der Waals surface area contributed by atoms with Crippen molar-refractivity contribution in [1.82, 2.24) is 5.32 Å². The van der Waals surface area contributed by atoms with Crippen molar-refractivity contribution >= 4 is 0 Å². The van der Waals surface area contributed by atoms with Gasteiger partial charge in [0.2, 0.25) is 0 Å². The molecule has 4 nitrogen and oxygen atoms in total. The molecule has 0 spiro atoms. The molecule has 1 unspecified atom stereocenters. The van der Waals surface area contributed by atoms with Gasteiger partial charge in [0, 0.05) is 13.1 Å². The van der Waals surface area contributed by atoms with E-state index in [1.54, 1.807) is 19.1 Å². The second-order valence-corrected chi connectivity index (χ2v) is 5.56. The van der Waals surface area contributed by atoms with E-state index in [9.17, 15) is 18.3 Å². The molecule has 0 heterocycles. The summed E-state index contributed by atoms with van der Waals surface area (Å²) in [6.07, 6.45) is -4.84. The fourth-order valence-corrected chi connectivity index (χ4v) is 1.81. The van der Waals surface area contributed by atoms with Crippen LogP contribution in [0.15, 0.2) is 18.2 Å². The highest BCUT2D eigenvalue weighted by Crippen LogP contribution is 2.30. The Labute approximate surface area is 134 Å². The summed E-state index contributed by atoms with van der Waals surface area (Å²) < 4.78 is 46.8. The summed E-state index contributed by atoms with van der Waals surface area (Å²) in [6, 6.07) is 4.78. The molecule has 132 valence electrons. The third-order valence-electron chi connectivity index (χ3n) is 3.15. The number of ether oxygens (including phenoxy) is 2. The van der Waals surface area contributed by atoms with Crippen LogP contribution in [-0.4, -0.2) is 37.1 Å². The lowest BCUT2D eigenvalue weighted by Gasteiger charge is -2.16. The molecule has 0 aliphatic carbocycles. The second kappa shape index (κ2) is 8.98. The minimum atomic E-state index is -4.39. The van der Waals surface area contributed by atoms with Crippen LogP contribution in [-0.2, 0) is 6.54 Å². The Hall–Kier alpha value is -1.47. The van der Waals surface area contributed by atoms with Crippen molar-refractivity contribution in [2.75, 3.05) is 19.8 Å². The number of aliphatic hydroxyl groups excluding tert-OH is 1. The molecule has 0 radical (unpaired) electrons. The van der Waals surface area contributed by atoms with Crippen LogP contribution >= 0.6 is 0 Å². The van der Waals surface area contributed by atoms with Gasteiger partial charge in [-0.05, 0) is 30.5 Å². The molecule has 1 aromatic rings. The summed E-state index contributed by atoms with van der Waals surface area (Å²) in [4.78, 5) is 0. The number of hydrogen-bond acceptors (Lipinski definition) is 4. The first-order valence-electron chi connectivity index (χ1n) is 7.57. The summed E-state index contributed by atoms with van der Waals surface area (Å²) >= 11 is 0. The SMILES string of the molecule is CCOc1cc(CNCC(O)C(C)C)ccc1OCC(F)(F)F. The third kappa shape index (κ3) is 7.56. The van der Waals surface area contributed by atoms with Crippen LogP contribution in [0.3, 0.4) is 0 Å². The van der Waals surface area contributed by atoms with Crippen LogP contribution < -0.4 is 14.8 Å². The molecule has 7 heteroatoms. The molecule has 0 bridgehead atoms. The number of hydrogen-bond donors (Lipinski definition) is 2. The van der Waals surface area contributed by atoms with E-state index in [-0.39, 0.29) is 17.4 Å². The Morgan fingerprint density at radius 3 is 2.43 bits per heavy atom. The molecule has 0 fully saturated rings. The minimum absolute atomic E-state index is 0.0649. The van der Waals surface area contributed by atoms with Gasteiger partial charge < -0.3 is 19.9 Å². The predicted octanol–water partition coefficient (Wildman–Crippen LogP) is 3.13. The first kappa shape index (κ1) is 19.6. The van der Waals surface area contributed by atoms with Crippen molar-refractivity contribution in [3.63, 3.8) is 0 Å². The maximum atomic E-state index is 12.2. The highest BCUT2D eigenvalue weighted by atomic mass is 19.4. The fourth-order valence-electron chi connectivity index (χ4n) is 1.81. The zero-order valence-electron chi connectivity index (χ0n) is 13.6. The fraction of sp³-hybridized carbons (Fsp3) is 0.625. The molecule has 23 heavy (non-hydrogen) atoms.